The molecule has 1 aliphatic rings. The Labute approximate surface area is 179 Å². The number of hydrogen-bond acceptors (Lipinski definition) is 3. The quantitative estimate of drug-likeness (QED) is 0.456. The Morgan fingerprint density at radius 3 is 2.55 bits per heavy atom. The predicted octanol–water partition coefficient (Wildman–Crippen LogP) is 5.22. The van der Waals surface area contributed by atoms with Gasteiger partial charge in [0.25, 0.3) is 0 Å². The van der Waals surface area contributed by atoms with Crippen molar-refractivity contribution in [3.63, 3.8) is 0 Å². The Kier molecular flexibility index (Phi) is 5.04. The van der Waals surface area contributed by atoms with Crippen molar-refractivity contribution in [2.75, 3.05) is 5.32 Å². The third kappa shape index (κ3) is 4.38. The molecule has 5 rings (SSSR count). The number of amides is 1. The Morgan fingerprint density at radius 2 is 1.81 bits per heavy atom. The van der Waals surface area contributed by atoms with E-state index in [0.717, 1.165) is 46.7 Å². The molecular weight excluding hydrogens is 391 g/mol. The number of pyridine rings is 1. The normalized spacial score (nSPS) is 13.2. The van der Waals surface area contributed by atoms with Crippen molar-refractivity contribution in [2.45, 2.75) is 19.3 Å². The molecule has 0 atom stereocenters. The molecule has 0 unspecified atom stereocenters. The fourth-order valence-electron chi connectivity index (χ4n) is 3.55. The summed E-state index contributed by atoms with van der Waals surface area (Å²) in [5.41, 5.74) is 4.35. The van der Waals surface area contributed by atoms with Crippen LogP contribution in [0, 0.1) is 11.7 Å². The zero-order valence-corrected chi connectivity index (χ0v) is 16.8. The molecular formula is C25H21FN4O. The highest BCUT2D eigenvalue weighted by atomic mass is 19.1. The Hall–Kier alpha value is -3.80. The average molecular weight is 412 g/mol. The van der Waals surface area contributed by atoms with Crippen LogP contribution in [0.1, 0.15) is 24.2 Å². The lowest BCUT2D eigenvalue weighted by Gasteiger charge is -2.07. The van der Waals surface area contributed by atoms with Gasteiger partial charge in [0.05, 0.1) is 11.4 Å². The smallest absolute Gasteiger partial charge is 0.228 e. The lowest BCUT2D eigenvalue weighted by Crippen LogP contribution is -2.14. The molecule has 5 nitrogen and oxygen atoms in total. The fraction of sp³-hybridized carbons (Fsp3) is 0.160. The molecule has 1 fully saturated rings. The second kappa shape index (κ2) is 8.14. The van der Waals surface area contributed by atoms with E-state index in [1.807, 2.05) is 30.3 Å². The number of nitrogens with one attached hydrogen (secondary N) is 2. The van der Waals surface area contributed by atoms with E-state index in [-0.39, 0.29) is 17.6 Å². The van der Waals surface area contributed by atoms with Gasteiger partial charge in [-0.2, -0.15) is 0 Å². The Balaban J connectivity index is 1.53. The zero-order chi connectivity index (χ0) is 21.2. The van der Waals surface area contributed by atoms with Gasteiger partial charge in [0.1, 0.15) is 17.5 Å². The number of carbonyl (C=O) groups excluding carboxylic acids is 1. The highest BCUT2D eigenvalue weighted by molar-refractivity contribution is 5.94. The van der Waals surface area contributed by atoms with Gasteiger partial charge in [-0.05, 0) is 54.8 Å². The number of anilines is 1. The number of nitrogens with zero attached hydrogens (tertiary/aromatic N) is 2. The highest BCUT2D eigenvalue weighted by Gasteiger charge is 2.29. The van der Waals surface area contributed by atoms with Crippen LogP contribution in [0.4, 0.5) is 10.2 Å². The number of H-pyrrole nitrogens is 1. The summed E-state index contributed by atoms with van der Waals surface area (Å²) in [6, 6.07) is 20.1. The van der Waals surface area contributed by atoms with Crippen LogP contribution in [0.25, 0.3) is 22.5 Å². The molecule has 0 radical (unpaired) electrons. The molecule has 6 heteroatoms. The van der Waals surface area contributed by atoms with E-state index in [1.165, 1.54) is 12.1 Å². The van der Waals surface area contributed by atoms with Crippen LogP contribution in [0.2, 0.25) is 0 Å². The van der Waals surface area contributed by atoms with Gasteiger partial charge in [-0.25, -0.2) is 14.4 Å². The van der Waals surface area contributed by atoms with E-state index >= 15 is 0 Å². The van der Waals surface area contributed by atoms with Gasteiger partial charge in [-0.3, -0.25) is 4.79 Å². The second-order valence-corrected chi connectivity index (χ2v) is 7.77. The SMILES string of the molecule is O=C(Nc1cc(-c2nc(Cc3ccccc3)[nH]c2-c2ccc(F)cc2)ccn1)C1CC1. The van der Waals surface area contributed by atoms with Crippen molar-refractivity contribution in [2.24, 2.45) is 5.92 Å². The number of rotatable bonds is 6. The molecule has 154 valence electrons. The summed E-state index contributed by atoms with van der Waals surface area (Å²) >= 11 is 0. The van der Waals surface area contributed by atoms with Crippen molar-refractivity contribution in [3.8, 4) is 22.5 Å². The highest BCUT2D eigenvalue weighted by Crippen LogP contribution is 2.33. The molecule has 31 heavy (non-hydrogen) atoms. The van der Waals surface area contributed by atoms with Gasteiger partial charge in [0.2, 0.25) is 5.91 Å². The first kappa shape index (κ1) is 19.2. The minimum atomic E-state index is -0.289. The summed E-state index contributed by atoms with van der Waals surface area (Å²) in [5.74, 6) is 1.13. The minimum Gasteiger partial charge on any atom is -0.341 e. The predicted molar refractivity (Wildman–Crippen MR) is 118 cm³/mol. The molecule has 4 aromatic rings. The first-order valence-corrected chi connectivity index (χ1v) is 10.3. The second-order valence-electron chi connectivity index (χ2n) is 7.77. The first-order valence-electron chi connectivity index (χ1n) is 10.3. The number of aromatic amines is 1. The third-order valence-corrected chi connectivity index (χ3v) is 5.33. The number of aromatic nitrogens is 3. The Morgan fingerprint density at radius 1 is 1.03 bits per heavy atom. The lowest BCUT2D eigenvalue weighted by molar-refractivity contribution is -0.117. The molecule has 2 N–H and O–H groups in total. The van der Waals surface area contributed by atoms with Crippen LogP contribution >= 0.6 is 0 Å². The molecule has 1 amide bonds. The molecule has 2 aromatic carbocycles. The maximum Gasteiger partial charge on any atom is 0.228 e. The Bertz CT molecular complexity index is 1210. The van der Waals surface area contributed by atoms with Crippen molar-refractivity contribution >= 4 is 11.7 Å². The first-order chi connectivity index (χ1) is 15.2. The molecule has 2 aromatic heterocycles. The van der Waals surface area contributed by atoms with Gasteiger partial charge in [-0.1, -0.05) is 30.3 Å². The zero-order valence-electron chi connectivity index (χ0n) is 16.8. The lowest BCUT2D eigenvalue weighted by atomic mass is 10.1. The summed E-state index contributed by atoms with van der Waals surface area (Å²) in [6.07, 6.45) is 4.17. The van der Waals surface area contributed by atoms with Crippen LogP contribution in [0.5, 0.6) is 0 Å². The summed E-state index contributed by atoms with van der Waals surface area (Å²) in [5, 5.41) is 2.89. The fourth-order valence-corrected chi connectivity index (χ4v) is 3.55. The standard InChI is InChI=1S/C25H21FN4O/c26-20-10-8-17(9-11-20)23-24(29-22(28-23)14-16-4-2-1-3-5-16)19-12-13-27-21(15-19)30-25(31)18-6-7-18/h1-5,8-13,15,18H,6-7,14H2,(H,28,29)(H,27,30,31). The molecule has 1 aliphatic carbocycles. The maximum absolute atomic E-state index is 13.5. The van der Waals surface area contributed by atoms with Crippen molar-refractivity contribution in [1.29, 1.82) is 0 Å². The third-order valence-electron chi connectivity index (χ3n) is 5.33. The van der Waals surface area contributed by atoms with E-state index < -0.39 is 0 Å². The summed E-state index contributed by atoms with van der Waals surface area (Å²) in [4.78, 5) is 24.7. The summed E-state index contributed by atoms with van der Waals surface area (Å²) in [6.45, 7) is 0. The van der Waals surface area contributed by atoms with Crippen LogP contribution in [-0.2, 0) is 11.2 Å². The largest absolute Gasteiger partial charge is 0.341 e. The number of hydrogen-bond donors (Lipinski definition) is 2. The molecule has 0 aliphatic heterocycles. The van der Waals surface area contributed by atoms with Crippen LogP contribution in [0.3, 0.4) is 0 Å². The molecule has 0 bridgehead atoms. The molecule has 0 spiro atoms. The van der Waals surface area contributed by atoms with Gasteiger partial charge < -0.3 is 10.3 Å². The van der Waals surface area contributed by atoms with Gasteiger partial charge >= 0.3 is 0 Å². The monoisotopic (exact) mass is 412 g/mol. The van der Waals surface area contributed by atoms with Crippen molar-refractivity contribution < 1.29 is 9.18 Å². The van der Waals surface area contributed by atoms with E-state index in [1.54, 1.807) is 18.3 Å². The number of halogens is 1. The van der Waals surface area contributed by atoms with Gasteiger partial charge in [-0.15, -0.1) is 0 Å². The van der Waals surface area contributed by atoms with E-state index in [9.17, 15) is 9.18 Å². The van der Waals surface area contributed by atoms with Crippen LogP contribution in [-0.4, -0.2) is 20.9 Å². The van der Waals surface area contributed by atoms with Crippen LogP contribution < -0.4 is 5.32 Å². The number of imidazole rings is 1. The molecule has 2 heterocycles. The summed E-state index contributed by atoms with van der Waals surface area (Å²) in [7, 11) is 0. The van der Waals surface area contributed by atoms with Gasteiger partial charge in [0.15, 0.2) is 0 Å². The molecule has 1 saturated carbocycles. The maximum atomic E-state index is 13.5. The summed E-state index contributed by atoms with van der Waals surface area (Å²) < 4.78 is 13.5. The number of carbonyl (C=O) groups is 1. The van der Waals surface area contributed by atoms with Crippen LogP contribution in [0.15, 0.2) is 72.9 Å². The van der Waals surface area contributed by atoms with E-state index in [0.29, 0.717) is 12.2 Å². The average Bonchev–Trinajstić information content (AvgIpc) is 3.56. The number of benzene rings is 2. The minimum absolute atomic E-state index is 0.00945. The van der Waals surface area contributed by atoms with Gasteiger partial charge in [0, 0.05) is 29.7 Å². The topological polar surface area (TPSA) is 70.7 Å². The van der Waals surface area contributed by atoms with E-state index in [2.05, 4.69) is 27.4 Å². The molecule has 0 saturated heterocycles. The van der Waals surface area contributed by atoms with Crippen molar-refractivity contribution in [3.05, 3.63) is 90.1 Å². The van der Waals surface area contributed by atoms with Crippen molar-refractivity contribution in [1.82, 2.24) is 15.0 Å². The van der Waals surface area contributed by atoms with E-state index in [4.69, 9.17) is 4.98 Å².